The molecule has 2 rings (SSSR count). The van der Waals surface area contributed by atoms with Gasteiger partial charge in [-0.3, -0.25) is 0 Å². The van der Waals surface area contributed by atoms with E-state index >= 15 is 0 Å². The SMILES string of the molecule is CC(OCC1CCCNC1)c1nccs1.Cl. The molecule has 1 aromatic heterocycles. The highest BCUT2D eigenvalue weighted by Crippen LogP contribution is 2.20. The molecule has 2 atom stereocenters. The zero-order valence-corrected chi connectivity index (χ0v) is 11.1. The quantitative estimate of drug-likeness (QED) is 0.906. The average Bonchev–Trinajstić information content (AvgIpc) is 2.81. The summed E-state index contributed by atoms with van der Waals surface area (Å²) in [6.45, 7) is 5.20. The van der Waals surface area contributed by atoms with Crippen molar-refractivity contribution in [2.45, 2.75) is 25.9 Å². The normalized spacial score (nSPS) is 22.4. The van der Waals surface area contributed by atoms with Crippen LogP contribution in [0.3, 0.4) is 0 Å². The summed E-state index contributed by atoms with van der Waals surface area (Å²) < 4.78 is 5.83. The van der Waals surface area contributed by atoms with Gasteiger partial charge in [-0.25, -0.2) is 4.98 Å². The largest absolute Gasteiger partial charge is 0.371 e. The Labute approximate surface area is 107 Å². The molecule has 1 saturated heterocycles. The van der Waals surface area contributed by atoms with Gasteiger partial charge in [-0.05, 0) is 32.2 Å². The summed E-state index contributed by atoms with van der Waals surface area (Å²) in [6.07, 6.45) is 4.55. The van der Waals surface area contributed by atoms with Gasteiger partial charge in [-0.2, -0.15) is 0 Å². The molecule has 1 aliphatic heterocycles. The van der Waals surface area contributed by atoms with Crippen molar-refractivity contribution in [1.82, 2.24) is 10.3 Å². The van der Waals surface area contributed by atoms with E-state index in [-0.39, 0.29) is 18.5 Å². The summed E-state index contributed by atoms with van der Waals surface area (Å²) in [5.41, 5.74) is 0. The lowest BCUT2D eigenvalue weighted by Crippen LogP contribution is -2.32. The summed E-state index contributed by atoms with van der Waals surface area (Å²) in [7, 11) is 0. The maximum Gasteiger partial charge on any atom is 0.121 e. The molecule has 2 heterocycles. The van der Waals surface area contributed by atoms with Gasteiger partial charge in [-0.15, -0.1) is 23.7 Å². The first-order chi connectivity index (χ1) is 7.36. The summed E-state index contributed by atoms with van der Waals surface area (Å²) >= 11 is 1.67. The molecular formula is C11H19ClN2OS. The highest BCUT2D eigenvalue weighted by Gasteiger charge is 2.15. The van der Waals surface area contributed by atoms with E-state index in [1.807, 2.05) is 11.6 Å². The van der Waals surface area contributed by atoms with E-state index in [1.165, 1.54) is 19.4 Å². The highest BCUT2D eigenvalue weighted by molar-refractivity contribution is 7.09. The number of nitrogens with zero attached hydrogens (tertiary/aromatic N) is 1. The van der Waals surface area contributed by atoms with E-state index in [2.05, 4.69) is 17.2 Å². The lowest BCUT2D eigenvalue weighted by Gasteiger charge is -2.23. The molecule has 1 aliphatic rings. The van der Waals surface area contributed by atoms with Crippen LogP contribution in [0.15, 0.2) is 11.6 Å². The molecule has 2 unspecified atom stereocenters. The van der Waals surface area contributed by atoms with E-state index in [0.717, 1.165) is 18.2 Å². The van der Waals surface area contributed by atoms with Crippen LogP contribution in [-0.4, -0.2) is 24.7 Å². The second-order valence-corrected chi connectivity index (χ2v) is 4.98. The number of aromatic nitrogens is 1. The lowest BCUT2D eigenvalue weighted by molar-refractivity contribution is 0.0334. The van der Waals surface area contributed by atoms with Gasteiger partial charge in [0.25, 0.3) is 0 Å². The molecule has 3 nitrogen and oxygen atoms in total. The van der Waals surface area contributed by atoms with Crippen molar-refractivity contribution in [3.05, 3.63) is 16.6 Å². The van der Waals surface area contributed by atoms with Crippen LogP contribution in [-0.2, 0) is 4.74 Å². The van der Waals surface area contributed by atoms with Crippen LogP contribution in [0.1, 0.15) is 30.9 Å². The second-order valence-electron chi connectivity index (χ2n) is 4.06. The van der Waals surface area contributed by atoms with Crippen LogP contribution in [0, 0.1) is 5.92 Å². The molecular weight excluding hydrogens is 244 g/mol. The van der Waals surface area contributed by atoms with Crippen molar-refractivity contribution in [3.63, 3.8) is 0 Å². The average molecular weight is 263 g/mol. The minimum Gasteiger partial charge on any atom is -0.371 e. The van der Waals surface area contributed by atoms with Crippen LogP contribution in [0.5, 0.6) is 0 Å². The van der Waals surface area contributed by atoms with Gasteiger partial charge in [0.1, 0.15) is 11.1 Å². The summed E-state index contributed by atoms with van der Waals surface area (Å²) in [5, 5.41) is 6.48. The fourth-order valence-corrected chi connectivity index (χ4v) is 2.50. The van der Waals surface area contributed by atoms with Gasteiger partial charge in [0, 0.05) is 18.1 Å². The fourth-order valence-electron chi connectivity index (χ4n) is 1.85. The van der Waals surface area contributed by atoms with Gasteiger partial charge in [0.2, 0.25) is 0 Å². The van der Waals surface area contributed by atoms with E-state index in [9.17, 15) is 0 Å². The number of halogens is 1. The third-order valence-corrected chi connectivity index (χ3v) is 3.72. The maximum absolute atomic E-state index is 5.83. The van der Waals surface area contributed by atoms with Crippen LogP contribution in [0.25, 0.3) is 0 Å². The Morgan fingerprint density at radius 2 is 2.56 bits per heavy atom. The Bertz CT molecular complexity index is 276. The molecule has 1 N–H and O–H groups in total. The summed E-state index contributed by atoms with van der Waals surface area (Å²) in [5.74, 6) is 0.682. The highest BCUT2D eigenvalue weighted by atomic mass is 35.5. The zero-order chi connectivity index (χ0) is 10.5. The van der Waals surface area contributed by atoms with Crippen LogP contribution < -0.4 is 5.32 Å². The van der Waals surface area contributed by atoms with Crippen LogP contribution in [0.2, 0.25) is 0 Å². The molecule has 0 radical (unpaired) electrons. The second kappa shape index (κ2) is 7.22. The van der Waals surface area contributed by atoms with Gasteiger partial charge < -0.3 is 10.1 Å². The van der Waals surface area contributed by atoms with Crippen molar-refractivity contribution < 1.29 is 4.74 Å². The first kappa shape index (κ1) is 13.9. The third-order valence-electron chi connectivity index (χ3n) is 2.78. The minimum absolute atomic E-state index is 0. The molecule has 16 heavy (non-hydrogen) atoms. The predicted molar refractivity (Wildman–Crippen MR) is 69.3 cm³/mol. The Balaban J connectivity index is 0.00000128. The van der Waals surface area contributed by atoms with Crippen molar-refractivity contribution in [2.24, 2.45) is 5.92 Å². The van der Waals surface area contributed by atoms with E-state index in [4.69, 9.17) is 4.74 Å². The van der Waals surface area contributed by atoms with Gasteiger partial charge >= 0.3 is 0 Å². The molecule has 0 spiro atoms. The maximum atomic E-state index is 5.83. The van der Waals surface area contributed by atoms with Crippen molar-refractivity contribution in [3.8, 4) is 0 Å². The van der Waals surface area contributed by atoms with E-state index in [0.29, 0.717) is 5.92 Å². The topological polar surface area (TPSA) is 34.1 Å². The first-order valence-corrected chi connectivity index (χ1v) is 6.46. The van der Waals surface area contributed by atoms with Crippen molar-refractivity contribution >= 4 is 23.7 Å². The number of hydrogen-bond donors (Lipinski definition) is 1. The molecule has 5 heteroatoms. The molecule has 0 saturated carbocycles. The number of nitrogens with one attached hydrogen (secondary N) is 1. The zero-order valence-electron chi connectivity index (χ0n) is 9.52. The van der Waals surface area contributed by atoms with Gasteiger partial charge in [0.15, 0.2) is 0 Å². The van der Waals surface area contributed by atoms with Crippen molar-refractivity contribution in [2.75, 3.05) is 19.7 Å². The monoisotopic (exact) mass is 262 g/mol. The predicted octanol–water partition coefficient (Wildman–Crippen LogP) is 2.64. The Kier molecular flexibility index (Phi) is 6.28. The molecule has 0 amide bonds. The minimum atomic E-state index is 0. The molecule has 0 aliphatic carbocycles. The molecule has 0 aromatic carbocycles. The van der Waals surface area contributed by atoms with Gasteiger partial charge in [0.05, 0.1) is 6.61 Å². The summed E-state index contributed by atoms with van der Waals surface area (Å²) in [6, 6.07) is 0. The molecule has 0 bridgehead atoms. The Hall–Kier alpha value is -0.160. The Morgan fingerprint density at radius 3 is 3.19 bits per heavy atom. The Morgan fingerprint density at radius 1 is 1.69 bits per heavy atom. The van der Waals surface area contributed by atoms with Gasteiger partial charge in [-0.1, -0.05) is 0 Å². The van der Waals surface area contributed by atoms with E-state index < -0.39 is 0 Å². The number of ether oxygens (including phenoxy) is 1. The standard InChI is InChI=1S/C11H18N2OS.ClH/c1-9(11-13-5-6-15-11)14-8-10-3-2-4-12-7-10;/h5-6,9-10,12H,2-4,7-8H2,1H3;1H. The number of rotatable bonds is 4. The van der Waals surface area contributed by atoms with Crippen LogP contribution >= 0.6 is 23.7 Å². The first-order valence-electron chi connectivity index (χ1n) is 5.58. The smallest absolute Gasteiger partial charge is 0.121 e. The van der Waals surface area contributed by atoms with Crippen LogP contribution in [0.4, 0.5) is 0 Å². The molecule has 1 aromatic rings. The summed E-state index contributed by atoms with van der Waals surface area (Å²) in [4.78, 5) is 4.26. The lowest BCUT2D eigenvalue weighted by atomic mass is 10.0. The molecule has 92 valence electrons. The number of thiazole rings is 1. The van der Waals surface area contributed by atoms with E-state index in [1.54, 1.807) is 11.3 Å². The number of hydrogen-bond acceptors (Lipinski definition) is 4. The van der Waals surface area contributed by atoms with Crippen molar-refractivity contribution in [1.29, 1.82) is 0 Å². The molecule has 1 fully saturated rings. The number of piperidine rings is 1. The third kappa shape index (κ3) is 4.01. The fraction of sp³-hybridized carbons (Fsp3) is 0.727.